The molecule has 0 saturated heterocycles. The zero-order valence-electron chi connectivity index (χ0n) is 15.9. The fourth-order valence-electron chi connectivity index (χ4n) is 2.64. The molecule has 3 rings (SSSR count). The van der Waals surface area contributed by atoms with Crippen molar-refractivity contribution in [2.75, 3.05) is 25.5 Å². The van der Waals surface area contributed by atoms with Gasteiger partial charge in [-0.1, -0.05) is 11.6 Å². The van der Waals surface area contributed by atoms with E-state index >= 15 is 0 Å². The Morgan fingerprint density at radius 1 is 1.07 bits per heavy atom. The summed E-state index contributed by atoms with van der Waals surface area (Å²) in [7, 11) is 1.75. The number of carbonyl (C=O) groups is 2. The average molecular weight is 413 g/mol. The lowest BCUT2D eigenvalue weighted by molar-refractivity contribution is 0.0787. The number of furan rings is 1. The maximum atomic E-state index is 12.5. The van der Waals surface area contributed by atoms with Gasteiger partial charge in [-0.2, -0.15) is 0 Å². The van der Waals surface area contributed by atoms with E-state index in [-0.39, 0.29) is 17.6 Å². The van der Waals surface area contributed by atoms with Crippen LogP contribution in [0.5, 0.6) is 5.75 Å². The fraction of sp³-hybridized carbons (Fsp3) is 0.182. The maximum absolute atomic E-state index is 12.5. The molecule has 0 aliphatic carbocycles. The second-order valence-electron chi connectivity index (χ2n) is 6.39. The molecular formula is C22H21ClN2O4. The molecule has 0 aliphatic heterocycles. The molecule has 0 fully saturated rings. The third kappa shape index (κ3) is 5.86. The van der Waals surface area contributed by atoms with Crippen LogP contribution in [0.2, 0.25) is 5.02 Å². The monoisotopic (exact) mass is 412 g/mol. The second kappa shape index (κ2) is 9.80. The van der Waals surface area contributed by atoms with Crippen molar-refractivity contribution in [3.05, 3.63) is 83.3 Å². The number of ether oxygens (including phenoxy) is 1. The van der Waals surface area contributed by atoms with E-state index in [0.717, 1.165) is 5.75 Å². The van der Waals surface area contributed by atoms with E-state index in [1.807, 2.05) is 12.1 Å². The highest BCUT2D eigenvalue weighted by molar-refractivity contribution is 6.30. The summed E-state index contributed by atoms with van der Waals surface area (Å²) in [6.07, 6.45) is 2.13. The fourth-order valence-corrected chi connectivity index (χ4v) is 2.77. The Balaban J connectivity index is 1.45. The van der Waals surface area contributed by atoms with Gasteiger partial charge in [-0.25, -0.2) is 0 Å². The van der Waals surface area contributed by atoms with Crippen LogP contribution in [0.4, 0.5) is 5.69 Å². The lowest BCUT2D eigenvalue weighted by Gasteiger charge is -2.17. The van der Waals surface area contributed by atoms with Gasteiger partial charge in [0.2, 0.25) is 0 Å². The van der Waals surface area contributed by atoms with E-state index < -0.39 is 0 Å². The van der Waals surface area contributed by atoms with Crippen LogP contribution in [-0.4, -0.2) is 36.9 Å². The minimum absolute atomic E-state index is 0.0968. The molecule has 3 aromatic rings. The van der Waals surface area contributed by atoms with Gasteiger partial charge < -0.3 is 19.4 Å². The largest absolute Gasteiger partial charge is 0.494 e. The van der Waals surface area contributed by atoms with Crippen molar-refractivity contribution in [3.8, 4) is 5.75 Å². The number of hydrogen-bond donors (Lipinski definition) is 1. The first-order valence-electron chi connectivity index (χ1n) is 9.11. The Hall–Kier alpha value is -3.25. The van der Waals surface area contributed by atoms with Crippen LogP contribution >= 0.6 is 11.6 Å². The van der Waals surface area contributed by atoms with Gasteiger partial charge in [0, 0.05) is 29.9 Å². The van der Waals surface area contributed by atoms with Gasteiger partial charge in [-0.05, 0) is 67.1 Å². The molecule has 2 amide bonds. The lowest BCUT2D eigenvalue weighted by Crippen LogP contribution is -2.28. The molecule has 29 heavy (non-hydrogen) atoms. The van der Waals surface area contributed by atoms with Gasteiger partial charge in [0.25, 0.3) is 11.8 Å². The molecule has 0 saturated carbocycles. The highest BCUT2D eigenvalue weighted by Gasteiger charge is 2.13. The molecule has 0 atom stereocenters. The van der Waals surface area contributed by atoms with E-state index in [4.69, 9.17) is 20.8 Å². The molecule has 1 aromatic heterocycles. The van der Waals surface area contributed by atoms with E-state index in [9.17, 15) is 9.59 Å². The van der Waals surface area contributed by atoms with E-state index in [1.165, 1.54) is 6.26 Å². The summed E-state index contributed by atoms with van der Waals surface area (Å²) in [6.45, 7) is 1.06. The summed E-state index contributed by atoms with van der Waals surface area (Å²) in [5.41, 5.74) is 1.13. The van der Waals surface area contributed by atoms with Gasteiger partial charge in [-0.3, -0.25) is 9.59 Å². The van der Waals surface area contributed by atoms with Gasteiger partial charge in [0.15, 0.2) is 5.76 Å². The first kappa shape index (κ1) is 20.5. The highest BCUT2D eigenvalue weighted by Crippen LogP contribution is 2.16. The van der Waals surface area contributed by atoms with E-state index in [2.05, 4.69) is 5.32 Å². The number of carbonyl (C=O) groups excluding carboxylic acids is 2. The van der Waals surface area contributed by atoms with Crippen LogP contribution in [-0.2, 0) is 0 Å². The molecule has 2 aromatic carbocycles. The predicted molar refractivity (Wildman–Crippen MR) is 112 cm³/mol. The van der Waals surface area contributed by atoms with Crippen molar-refractivity contribution in [1.82, 2.24) is 4.90 Å². The number of benzene rings is 2. The Bertz CT molecular complexity index is 938. The molecule has 0 unspecified atom stereocenters. The maximum Gasteiger partial charge on any atom is 0.291 e. The van der Waals surface area contributed by atoms with Crippen molar-refractivity contribution in [3.63, 3.8) is 0 Å². The average Bonchev–Trinajstić information content (AvgIpc) is 3.27. The number of rotatable bonds is 8. The van der Waals surface area contributed by atoms with E-state index in [0.29, 0.717) is 35.8 Å². The van der Waals surface area contributed by atoms with Crippen molar-refractivity contribution >= 4 is 29.1 Å². The predicted octanol–water partition coefficient (Wildman–Crippen LogP) is 4.73. The molecule has 0 spiro atoms. The summed E-state index contributed by atoms with van der Waals surface area (Å²) in [5.74, 6) is 0.536. The summed E-state index contributed by atoms with van der Waals surface area (Å²) in [4.78, 5) is 26.1. The van der Waals surface area contributed by atoms with Crippen molar-refractivity contribution in [1.29, 1.82) is 0 Å². The molecule has 150 valence electrons. The van der Waals surface area contributed by atoms with Crippen LogP contribution in [0.15, 0.2) is 71.3 Å². The zero-order chi connectivity index (χ0) is 20.6. The van der Waals surface area contributed by atoms with Gasteiger partial charge in [0.05, 0.1) is 12.9 Å². The van der Waals surface area contributed by atoms with E-state index in [1.54, 1.807) is 60.5 Å². The number of nitrogens with one attached hydrogen (secondary N) is 1. The van der Waals surface area contributed by atoms with Crippen LogP contribution < -0.4 is 10.1 Å². The number of anilines is 1. The first-order chi connectivity index (χ1) is 14.0. The molecule has 0 aliphatic rings. The Morgan fingerprint density at radius 3 is 2.45 bits per heavy atom. The van der Waals surface area contributed by atoms with Crippen molar-refractivity contribution in [2.24, 2.45) is 0 Å². The normalized spacial score (nSPS) is 10.4. The summed E-state index contributed by atoms with van der Waals surface area (Å²) in [6, 6.07) is 17.1. The molecule has 0 radical (unpaired) electrons. The summed E-state index contributed by atoms with van der Waals surface area (Å²) >= 11 is 5.84. The third-order valence-electron chi connectivity index (χ3n) is 4.20. The Labute approximate surface area is 174 Å². The lowest BCUT2D eigenvalue weighted by atomic mass is 10.1. The van der Waals surface area contributed by atoms with Crippen LogP contribution in [0.1, 0.15) is 27.3 Å². The Kier molecular flexibility index (Phi) is 6.92. The van der Waals surface area contributed by atoms with Gasteiger partial charge in [-0.15, -0.1) is 0 Å². The molecular weight excluding hydrogens is 392 g/mol. The van der Waals surface area contributed by atoms with Crippen LogP contribution in [0, 0.1) is 0 Å². The van der Waals surface area contributed by atoms with Gasteiger partial charge >= 0.3 is 0 Å². The first-order valence-corrected chi connectivity index (χ1v) is 9.49. The minimum Gasteiger partial charge on any atom is -0.494 e. The van der Waals surface area contributed by atoms with Crippen LogP contribution in [0.3, 0.4) is 0 Å². The molecule has 1 N–H and O–H groups in total. The van der Waals surface area contributed by atoms with Gasteiger partial charge in [0.1, 0.15) is 5.75 Å². The molecule has 1 heterocycles. The number of nitrogens with zero attached hydrogens (tertiary/aromatic N) is 1. The molecule has 6 nitrogen and oxygen atoms in total. The van der Waals surface area contributed by atoms with Crippen molar-refractivity contribution < 1.29 is 18.7 Å². The summed E-state index contributed by atoms with van der Waals surface area (Å²) < 4.78 is 10.7. The Morgan fingerprint density at radius 2 is 1.79 bits per heavy atom. The topological polar surface area (TPSA) is 71.8 Å². The minimum atomic E-state index is -0.341. The summed E-state index contributed by atoms with van der Waals surface area (Å²) in [5, 5.41) is 3.38. The number of amides is 2. The third-order valence-corrected chi connectivity index (χ3v) is 4.45. The molecule has 7 heteroatoms. The number of hydrogen-bond acceptors (Lipinski definition) is 4. The van der Waals surface area contributed by atoms with Crippen molar-refractivity contribution in [2.45, 2.75) is 6.42 Å². The SMILES string of the molecule is CN(CCCOc1ccc(Cl)cc1)C(=O)c1ccc(NC(=O)c2ccco2)cc1. The van der Waals surface area contributed by atoms with Crippen LogP contribution in [0.25, 0.3) is 0 Å². The number of halogens is 1. The quantitative estimate of drug-likeness (QED) is 0.543. The smallest absolute Gasteiger partial charge is 0.291 e. The molecule has 0 bridgehead atoms. The highest BCUT2D eigenvalue weighted by atomic mass is 35.5. The zero-order valence-corrected chi connectivity index (χ0v) is 16.7. The second-order valence-corrected chi connectivity index (χ2v) is 6.83. The standard InChI is InChI=1S/C22H21ClN2O4/c1-25(13-3-15-28-19-11-7-17(23)8-12-19)22(27)16-5-9-18(10-6-16)24-21(26)20-4-2-14-29-20/h2,4-12,14H,3,13,15H2,1H3,(H,24,26).